The fourth-order valence-electron chi connectivity index (χ4n) is 1.95. The van der Waals surface area contributed by atoms with Crippen LogP contribution in [0.2, 0.25) is 10.0 Å². The van der Waals surface area contributed by atoms with Gasteiger partial charge in [0.2, 0.25) is 5.91 Å². The van der Waals surface area contributed by atoms with E-state index >= 15 is 0 Å². The normalized spacial score (nSPS) is 10.9. The van der Waals surface area contributed by atoms with Gasteiger partial charge in [0, 0.05) is 22.7 Å². The van der Waals surface area contributed by atoms with Crippen molar-refractivity contribution in [3.05, 3.63) is 44.3 Å². The molecule has 0 radical (unpaired) electrons. The number of aromatic nitrogens is 1. The van der Waals surface area contributed by atoms with Crippen LogP contribution in [0, 0.1) is 0 Å². The van der Waals surface area contributed by atoms with E-state index in [0.717, 1.165) is 10.7 Å². The fourth-order valence-corrected chi connectivity index (χ4v) is 3.25. The highest BCUT2D eigenvalue weighted by atomic mass is 35.5. The molecule has 0 spiro atoms. The summed E-state index contributed by atoms with van der Waals surface area (Å²) in [6.45, 7) is 5.09. The molecule has 1 aromatic heterocycles. The highest BCUT2D eigenvalue weighted by Crippen LogP contribution is 2.27. The van der Waals surface area contributed by atoms with E-state index in [1.807, 2.05) is 5.38 Å². The molecule has 0 aliphatic heterocycles. The molecule has 0 aliphatic carbocycles. The van der Waals surface area contributed by atoms with Crippen LogP contribution < -0.4 is 10.1 Å². The standard InChI is InChI=1S/C17H20Cl2N2O2S/c1-11(2)17-21-13(10-24-17)9-20-16(22)4-3-7-23-15-6-5-12(18)8-14(15)19/h5-6,8,10-11H,3-4,7,9H2,1-2H3,(H,20,22). The molecule has 0 aliphatic rings. The van der Waals surface area contributed by atoms with Crippen molar-refractivity contribution >= 4 is 40.4 Å². The van der Waals surface area contributed by atoms with Gasteiger partial charge in [0.15, 0.2) is 0 Å². The van der Waals surface area contributed by atoms with Crippen molar-refractivity contribution in [2.24, 2.45) is 0 Å². The van der Waals surface area contributed by atoms with Crippen molar-refractivity contribution in [3.8, 4) is 5.75 Å². The molecule has 0 unspecified atom stereocenters. The van der Waals surface area contributed by atoms with Crippen LogP contribution in [0.5, 0.6) is 5.75 Å². The van der Waals surface area contributed by atoms with Gasteiger partial charge in [-0.3, -0.25) is 4.79 Å². The van der Waals surface area contributed by atoms with Crippen molar-refractivity contribution in [1.82, 2.24) is 10.3 Å². The molecule has 0 atom stereocenters. The SMILES string of the molecule is CC(C)c1nc(CNC(=O)CCCOc2ccc(Cl)cc2Cl)cs1. The minimum atomic E-state index is -0.0140. The number of nitrogens with zero attached hydrogens (tertiary/aromatic N) is 1. The number of hydrogen-bond donors (Lipinski definition) is 1. The summed E-state index contributed by atoms with van der Waals surface area (Å²) in [5.41, 5.74) is 0.904. The van der Waals surface area contributed by atoms with E-state index in [-0.39, 0.29) is 5.91 Å². The molecule has 130 valence electrons. The van der Waals surface area contributed by atoms with Gasteiger partial charge in [-0.1, -0.05) is 37.0 Å². The third-order valence-corrected chi connectivity index (χ3v) is 4.95. The summed E-state index contributed by atoms with van der Waals surface area (Å²) in [5, 5.41) is 6.99. The lowest BCUT2D eigenvalue weighted by atomic mass is 10.2. The maximum Gasteiger partial charge on any atom is 0.220 e. The Morgan fingerprint density at radius 1 is 1.38 bits per heavy atom. The van der Waals surface area contributed by atoms with Gasteiger partial charge in [-0.2, -0.15) is 0 Å². The minimum Gasteiger partial charge on any atom is -0.492 e. The van der Waals surface area contributed by atoms with Crippen LogP contribution >= 0.6 is 34.5 Å². The van der Waals surface area contributed by atoms with Gasteiger partial charge in [-0.15, -0.1) is 11.3 Å². The van der Waals surface area contributed by atoms with E-state index in [1.54, 1.807) is 29.5 Å². The second-order valence-electron chi connectivity index (χ2n) is 5.64. The van der Waals surface area contributed by atoms with E-state index in [4.69, 9.17) is 27.9 Å². The molecule has 1 N–H and O–H groups in total. The molecule has 2 aromatic rings. The van der Waals surface area contributed by atoms with E-state index < -0.39 is 0 Å². The van der Waals surface area contributed by atoms with Gasteiger partial charge in [0.1, 0.15) is 5.75 Å². The lowest BCUT2D eigenvalue weighted by Crippen LogP contribution is -2.23. The number of benzene rings is 1. The van der Waals surface area contributed by atoms with E-state index in [9.17, 15) is 4.79 Å². The third-order valence-electron chi connectivity index (χ3n) is 3.23. The predicted octanol–water partition coefficient (Wildman–Crippen LogP) is 5.05. The Kier molecular flexibility index (Phi) is 7.34. The molecule has 1 heterocycles. The topological polar surface area (TPSA) is 51.2 Å². The Bertz CT molecular complexity index is 689. The van der Waals surface area contributed by atoms with E-state index in [2.05, 4.69) is 24.1 Å². The Labute approximate surface area is 156 Å². The number of thiazole rings is 1. The summed E-state index contributed by atoms with van der Waals surface area (Å²) < 4.78 is 5.55. The number of ether oxygens (including phenoxy) is 1. The molecule has 0 saturated carbocycles. The van der Waals surface area contributed by atoms with Crippen LogP contribution in [0.1, 0.15) is 43.3 Å². The number of halogens is 2. The van der Waals surface area contributed by atoms with Crippen molar-refractivity contribution in [3.63, 3.8) is 0 Å². The van der Waals surface area contributed by atoms with Gasteiger partial charge >= 0.3 is 0 Å². The first-order valence-electron chi connectivity index (χ1n) is 7.74. The first-order valence-corrected chi connectivity index (χ1v) is 9.38. The molecule has 24 heavy (non-hydrogen) atoms. The molecule has 0 bridgehead atoms. The number of hydrogen-bond acceptors (Lipinski definition) is 4. The van der Waals surface area contributed by atoms with Crippen molar-refractivity contribution in [1.29, 1.82) is 0 Å². The Balaban J connectivity index is 1.66. The molecular formula is C17H20Cl2N2O2S. The average molecular weight is 387 g/mol. The number of amides is 1. The number of carbonyl (C=O) groups excluding carboxylic acids is 1. The van der Waals surface area contributed by atoms with Crippen molar-refractivity contribution < 1.29 is 9.53 Å². The molecule has 1 aromatic carbocycles. The second kappa shape index (κ2) is 9.25. The summed E-state index contributed by atoms with van der Waals surface area (Å²) in [5.74, 6) is 0.973. The lowest BCUT2D eigenvalue weighted by molar-refractivity contribution is -0.121. The number of carbonyl (C=O) groups is 1. The largest absolute Gasteiger partial charge is 0.492 e. The van der Waals surface area contributed by atoms with Crippen LogP contribution in [0.25, 0.3) is 0 Å². The summed E-state index contributed by atoms with van der Waals surface area (Å²) in [6, 6.07) is 5.07. The zero-order valence-electron chi connectivity index (χ0n) is 13.6. The summed E-state index contributed by atoms with van der Waals surface area (Å²) in [4.78, 5) is 16.3. The van der Waals surface area contributed by atoms with Crippen LogP contribution in [0.3, 0.4) is 0 Å². The number of rotatable bonds is 8. The highest BCUT2D eigenvalue weighted by molar-refractivity contribution is 7.09. The second-order valence-corrected chi connectivity index (χ2v) is 7.37. The first kappa shape index (κ1) is 19.0. The summed E-state index contributed by atoms with van der Waals surface area (Å²) in [6.07, 6.45) is 1.01. The Morgan fingerprint density at radius 2 is 2.17 bits per heavy atom. The van der Waals surface area contributed by atoms with E-state index in [1.165, 1.54) is 0 Å². The van der Waals surface area contributed by atoms with Crippen LogP contribution in [-0.4, -0.2) is 17.5 Å². The molecule has 7 heteroatoms. The maximum absolute atomic E-state index is 11.8. The summed E-state index contributed by atoms with van der Waals surface area (Å²) in [7, 11) is 0. The van der Waals surface area contributed by atoms with Crippen LogP contribution in [0.15, 0.2) is 23.6 Å². The van der Waals surface area contributed by atoms with E-state index in [0.29, 0.717) is 47.7 Å². The molecule has 0 fully saturated rings. The zero-order valence-corrected chi connectivity index (χ0v) is 16.0. The highest BCUT2D eigenvalue weighted by Gasteiger charge is 2.08. The van der Waals surface area contributed by atoms with Gasteiger partial charge in [0.25, 0.3) is 0 Å². The average Bonchev–Trinajstić information content (AvgIpc) is 3.00. The van der Waals surface area contributed by atoms with Gasteiger partial charge in [-0.25, -0.2) is 4.98 Å². The maximum atomic E-state index is 11.8. The first-order chi connectivity index (χ1) is 11.5. The molecular weight excluding hydrogens is 367 g/mol. The molecule has 2 rings (SSSR count). The van der Waals surface area contributed by atoms with Crippen molar-refractivity contribution in [2.45, 2.75) is 39.2 Å². The third kappa shape index (κ3) is 5.96. The fraction of sp³-hybridized carbons (Fsp3) is 0.412. The molecule has 0 saturated heterocycles. The monoisotopic (exact) mass is 386 g/mol. The predicted molar refractivity (Wildman–Crippen MR) is 99.2 cm³/mol. The minimum absolute atomic E-state index is 0.0140. The Morgan fingerprint density at radius 3 is 2.83 bits per heavy atom. The smallest absolute Gasteiger partial charge is 0.220 e. The van der Waals surface area contributed by atoms with Crippen LogP contribution in [-0.2, 0) is 11.3 Å². The summed E-state index contributed by atoms with van der Waals surface area (Å²) >= 11 is 13.5. The number of nitrogens with one attached hydrogen (secondary N) is 1. The zero-order chi connectivity index (χ0) is 17.5. The molecule has 4 nitrogen and oxygen atoms in total. The lowest BCUT2D eigenvalue weighted by Gasteiger charge is -2.08. The quantitative estimate of drug-likeness (QED) is 0.645. The van der Waals surface area contributed by atoms with Crippen molar-refractivity contribution in [2.75, 3.05) is 6.61 Å². The Hall–Kier alpha value is -1.30. The van der Waals surface area contributed by atoms with Crippen LogP contribution in [0.4, 0.5) is 0 Å². The molecule has 1 amide bonds. The van der Waals surface area contributed by atoms with Gasteiger partial charge in [-0.05, 0) is 24.6 Å². The van der Waals surface area contributed by atoms with Gasteiger partial charge in [0.05, 0.1) is 28.9 Å². The van der Waals surface area contributed by atoms with Gasteiger partial charge < -0.3 is 10.1 Å².